The lowest BCUT2D eigenvalue weighted by atomic mass is 9.93. The molecule has 28 heavy (non-hydrogen) atoms. The smallest absolute Gasteiger partial charge is 0.339 e. The zero-order valence-corrected chi connectivity index (χ0v) is 16.7. The van der Waals surface area contributed by atoms with Gasteiger partial charge in [-0.2, -0.15) is 0 Å². The highest BCUT2D eigenvalue weighted by atomic mass is 32.1. The molecule has 0 unspecified atom stereocenters. The summed E-state index contributed by atoms with van der Waals surface area (Å²) >= 11 is 2.80. The van der Waals surface area contributed by atoms with Gasteiger partial charge >= 0.3 is 5.97 Å². The molecule has 1 aliphatic carbocycles. The predicted molar refractivity (Wildman–Crippen MR) is 106 cm³/mol. The minimum absolute atomic E-state index is 0.0767. The van der Waals surface area contributed by atoms with Crippen LogP contribution >= 0.6 is 22.7 Å². The summed E-state index contributed by atoms with van der Waals surface area (Å²) in [5.41, 5.74) is 1.18. The molecule has 0 spiro atoms. The first-order valence-electron chi connectivity index (χ1n) is 8.84. The lowest BCUT2D eigenvalue weighted by molar-refractivity contribution is 0.0693. The van der Waals surface area contributed by atoms with Crippen molar-refractivity contribution in [2.45, 2.75) is 38.8 Å². The summed E-state index contributed by atoms with van der Waals surface area (Å²) in [6.07, 6.45) is 3.71. The molecular formula is C19H18FN3O3S2. The fourth-order valence-corrected chi connectivity index (χ4v) is 4.89. The number of carbonyl (C=O) groups is 1. The Morgan fingerprint density at radius 3 is 2.82 bits per heavy atom. The third kappa shape index (κ3) is 3.65. The van der Waals surface area contributed by atoms with E-state index in [9.17, 15) is 14.3 Å². The average molecular weight is 420 g/mol. The number of aromatic carboxylic acids is 1. The molecule has 0 bridgehead atoms. The van der Waals surface area contributed by atoms with Crippen molar-refractivity contribution < 1.29 is 19.4 Å². The van der Waals surface area contributed by atoms with Gasteiger partial charge in [-0.1, -0.05) is 6.42 Å². The van der Waals surface area contributed by atoms with Crippen LogP contribution in [-0.2, 0) is 6.54 Å². The quantitative estimate of drug-likeness (QED) is 0.547. The van der Waals surface area contributed by atoms with Crippen molar-refractivity contribution in [1.82, 2.24) is 15.3 Å². The first-order chi connectivity index (χ1) is 13.4. The Hall–Kier alpha value is -2.36. The van der Waals surface area contributed by atoms with E-state index < -0.39 is 23.1 Å². The summed E-state index contributed by atoms with van der Waals surface area (Å²) in [7, 11) is 0. The molecule has 3 aromatic rings. The molecule has 146 valence electrons. The molecule has 0 aliphatic heterocycles. The van der Waals surface area contributed by atoms with E-state index in [2.05, 4.69) is 15.3 Å². The average Bonchev–Trinajstić information content (AvgIpc) is 3.21. The standard InChI is InChI=1S/C19H18FN3O3S2/c1-9-17(28-16(22-9)7-21-10-3-2-4-10)14-8-27-18(23-14)11-6-15(24)12(19(25)26)5-13(11)20/h5-6,8,10,21,24H,2-4,7H2,1H3,(H,25,26). The van der Waals surface area contributed by atoms with Crippen LogP contribution in [0.1, 0.15) is 40.3 Å². The van der Waals surface area contributed by atoms with Gasteiger partial charge in [0.25, 0.3) is 0 Å². The molecule has 0 radical (unpaired) electrons. The Morgan fingerprint density at radius 2 is 2.14 bits per heavy atom. The summed E-state index contributed by atoms with van der Waals surface area (Å²) in [6, 6.07) is 2.51. The van der Waals surface area contributed by atoms with Crippen LogP contribution in [0.5, 0.6) is 5.75 Å². The molecule has 4 rings (SSSR count). The van der Waals surface area contributed by atoms with E-state index in [4.69, 9.17) is 5.11 Å². The fraction of sp³-hybridized carbons (Fsp3) is 0.316. The van der Waals surface area contributed by atoms with Gasteiger partial charge in [0.1, 0.15) is 27.1 Å². The minimum Gasteiger partial charge on any atom is -0.507 e. The first-order valence-corrected chi connectivity index (χ1v) is 10.5. The first kappa shape index (κ1) is 19.0. The molecule has 2 aromatic heterocycles. The van der Waals surface area contributed by atoms with Crippen LogP contribution in [0, 0.1) is 12.7 Å². The second-order valence-electron chi connectivity index (χ2n) is 6.72. The molecule has 9 heteroatoms. The Balaban J connectivity index is 1.59. The number of rotatable bonds is 6. The van der Waals surface area contributed by atoms with Crippen LogP contribution in [0.2, 0.25) is 0 Å². The lowest BCUT2D eigenvalue weighted by Gasteiger charge is -2.25. The number of aryl methyl sites for hydroxylation is 1. The Labute approximate surface area is 168 Å². The number of hydrogen-bond acceptors (Lipinski definition) is 7. The topological polar surface area (TPSA) is 95.3 Å². The molecule has 1 fully saturated rings. The minimum atomic E-state index is -1.38. The SMILES string of the molecule is Cc1nc(CNC2CCC2)sc1-c1csc(-c2cc(O)c(C(=O)O)cc2F)n1. The van der Waals surface area contributed by atoms with Gasteiger partial charge in [0, 0.05) is 23.5 Å². The van der Waals surface area contributed by atoms with Gasteiger partial charge in [0.05, 0.1) is 16.3 Å². The highest BCUT2D eigenvalue weighted by Gasteiger charge is 2.20. The largest absolute Gasteiger partial charge is 0.507 e. The molecular weight excluding hydrogens is 401 g/mol. The number of phenols is 1. The van der Waals surface area contributed by atoms with Crippen LogP contribution in [0.15, 0.2) is 17.5 Å². The van der Waals surface area contributed by atoms with Crippen molar-refractivity contribution >= 4 is 28.6 Å². The highest BCUT2D eigenvalue weighted by molar-refractivity contribution is 7.16. The molecule has 0 saturated heterocycles. The van der Waals surface area contributed by atoms with E-state index in [-0.39, 0.29) is 5.56 Å². The Kier molecular flexibility index (Phi) is 5.13. The summed E-state index contributed by atoms with van der Waals surface area (Å²) in [5, 5.41) is 25.5. The molecule has 1 aromatic carbocycles. The van der Waals surface area contributed by atoms with Crippen LogP contribution in [0.3, 0.4) is 0 Å². The van der Waals surface area contributed by atoms with Gasteiger partial charge in [-0.15, -0.1) is 22.7 Å². The van der Waals surface area contributed by atoms with Crippen LogP contribution in [0.25, 0.3) is 21.1 Å². The van der Waals surface area contributed by atoms with Gasteiger partial charge in [-0.05, 0) is 31.9 Å². The van der Waals surface area contributed by atoms with Gasteiger partial charge < -0.3 is 15.5 Å². The van der Waals surface area contributed by atoms with E-state index in [0.29, 0.717) is 16.7 Å². The predicted octanol–water partition coefficient (Wildman–Crippen LogP) is 4.43. The highest BCUT2D eigenvalue weighted by Crippen LogP contribution is 2.36. The van der Waals surface area contributed by atoms with Crippen molar-refractivity contribution in [1.29, 1.82) is 0 Å². The van der Waals surface area contributed by atoms with E-state index in [1.165, 1.54) is 30.6 Å². The van der Waals surface area contributed by atoms with Gasteiger partial charge in [0.15, 0.2) is 0 Å². The molecule has 3 N–H and O–H groups in total. The van der Waals surface area contributed by atoms with Crippen molar-refractivity contribution in [3.8, 4) is 26.9 Å². The number of nitrogens with zero attached hydrogens (tertiary/aromatic N) is 2. The lowest BCUT2D eigenvalue weighted by Crippen LogP contribution is -2.34. The molecule has 2 heterocycles. The zero-order valence-electron chi connectivity index (χ0n) is 15.0. The number of hydrogen-bond donors (Lipinski definition) is 3. The maximum absolute atomic E-state index is 14.4. The normalized spacial score (nSPS) is 14.2. The number of benzene rings is 1. The maximum atomic E-state index is 14.4. The Bertz CT molecular complexity index is 1040. The van der Waals surface area contributed by atoms with Crippen LogP contribution < -0.4 is 5.32 Å². The Morgan fingerprint density at radius 1 is 1.36 bits per heavy atom. The molecule has 0 atom stereocenters. The van der Waals surface area contributed by atoms with Crippen molar-refractivity contribution in [3.05, 3.63) is 39.6 Å². The number of halogens is 1. The third-order valence-corrected chi connectivity index (χ3v) is 6.83. The number of thiazole rings is 2. The van der Waals surface area contributed by atoms with Gasteiger partial charge in [-0.25, -0.2) is 19.2 Å². The summed E-state index contributed by atoms with van der Waals surface area (Å²) in [4.78, 5) is 21.0. The van der Waals surface area contributed by atoms with Gasteiger partial charge in [-0.3, -0.25) is 0 Å². The van der Waals surface area contributed by atoms with E-state index in [1.807, 2.05) is 12.3 Å². The summed E-state index contributed by atoms with van der Waals surface area (Å²) < 4.78 is 14.4. The second kappa shape index (κ2) is 7.57. The maximum Gasteiger partial charge on any atom is 0.339 e. The second-order valence-corrected chi connectivity index (χ2v) is 8.66. The van der Waals surface area contributed by atoms with Crippen molar-refractivity contribution in [2.24, 2.45) is 0 Å². The number of carboxylic acid groups (broad SMARTS) is 1. The van der Waals surface area contributed by atoms with Crippen molar-refractivity contribution in [2.75, 3.05) is 0 Å². The van der Waals surface area contributed by atoms with E-state index in [1.54, 1.807) is 11.3 Å². The summed E-state index contributed by atoms with van der Waals surface area (Å²) in [5.74, 6) is -2.60. The molecule has 0 amide bonds. The molecule has 1 aliphatic rings. The van der Waals surface area contributed by atoms with Crippen LogP contribution in [-0.4, -0.2) is 32.2 Å². The number of nitrogens with one attached hydrogen (secondary N) is 1. The van der Waals surface area contributed by atoms with Gasteiger partial charge in [0.2, 0.25) is 0 Å². The number of aromatic hydroxyl groups is 1. The van der Waals surface area contributed by atoms with E-state index >= 15 is 0 Å². The fourth-order valence-electron chi connectivity index (χ4n) is 3.01. The number of aromatic nitrogens is 2. The van der Waals surface area contributed by atoms with Crippen molar-refractivity contribution in [3.63, 3.8) is 0 Å². The third-order valence-electron chi connectivity index (χ3n) is 4.77. The van der Waals surface area contributed by atoms with Crippen LogP contribution in [0.4, 0.5) is 4.39 Å². The van der Waals surface area contributed by atoms with E-state index in [0.717, 1.165) is 34.3 Å². The molecule has 1 saturated carbocycles. The summed E-state index contributed by atoms with van der Waals surface area (Å²) in [6.45, 7) is 2.65. The number of carboxylic acids is 1. The molecule has 6 nitrogen and oxygen atoms in total. The monoisotopic (exact) mass is 419 g/mol. The zero-order chi connectivity index (χ0) is 19.8.